The molecule has 6 nitrogen and oxygen atoms in total. The van der Waals surface area contributed by atoms with E-state index in [2.05, 4.69) is 29.0 Å². The molecule has 1 aromatic rings. The zero-order valence-electron chi connectivity index (χ0n) is 16.8. The third-order valence-corrected chi connectivity index (χ3v) is 5.46. The molecule has 2 saturated heterocycles. The molecule has 6 heteroatoms. The lowest BCUT2D eigenvalue weighted by Crippen LogP contribution is -2.51. The predicted molar refractivity (Wildman–Crippen MR) is 106 cm³/mol. The number of ether oxygens (including phenoxy) is 2. The Kier molecular flexibility index (Phi) is 7.10. The van der Waals surface area contributed by atoms with E-state index in [1.165, 1.54) is 12.8 Å². The highest BCUT2D eigenvalue weighted by atomic mass is 16.5. The van der Waals surface area contributed by atoms with E-state index in [4.69, 9.17) is 9.47 Å². The Hall–Kier alpha value is -1.63. The molecule has 2 fully saturated rings. The van der Waals surface area contributed by atoms with Gasteiger partial charge in [0.2, 0.25) is 5.91 Å². The number of carbonyl (C=O) groups is 1. The van der Waals surface area contributed by atoms with E-state index in [1.54, 1.807) is 7.11 Å². The van der Waals surface area contributed by atoms with Crippen molar-refractivity contribution in [2.75, 3.05) is 39.8 Å². The first kappa shape index (κ1) is 20.1. The van der Waals surface area contributed by atoms with Gasteiger partial charge in [0.25, 0.3) is 0 Å². The average Bonchev–Trinajstić information content (AvgIpc) is 3.06. The smallest absolute Gasteiger partial charge is 0.234 e. The zero-order valence-corrected chi connectivity index (χ0v) is 16.8. The van der Waals surface area contributed by atoms with Crippen molar-refractivity contribution in [2.45, 2.75) is 51.5 Å². The Bertz CT molecular complexity index is 597. The molecule has 0 bridgehead atoms. The van der Waals surface area contributed by atoms with Crippen molar-refractivity contribution in [3.8, 4) is 5.75 Å². The van der Waals surface area contributed by atoms with Gasteiger partial charge in [-0.3, -0.25) is 14.6 Å². The van der Waals surface area contributed by atoms with Crippen molar-refractivity contribution in [1.29, 1.82) is 0 Å². The quantitative estimate of drug-likeness (QED) is 0.789. The first-order chi connectivity index (χ1) is 13.0. The molecule has 2 aliphatic heterocycles. The first-order valence-corrected chi connectivity index (χ1v) is 10.0. The molecule has 0 saturated carbocycles. The van der Waals surface area contributed by atoms with E-state index in [-0.39, 0.29) is 18.1 Å². The van der Waals surface area contributed by atoms with Gasteiger partial charge in [0, 0.05) is 32.2 Å². The number of hydrogen-bond acceptors (Lipinski definition) is 5. The standard InChI is InChI=1S/C21H33N3O3/c1-16-12-23(13-17(2)27-16)14-19-5-4-10-24(19)15-21(25)22-11-18-6-8-20(26-3)9-7-18/h6-9,16-17,19H,4-5,10-15H2,1-3H3,(H,22,25). The minimum atomic E-state index is 0.0985. The SMILES string of the molecule is COc1ccc(CNC(=O)CN2CCCC2CN2CC(C)OC(C)C2)cc1. The number of hydrogen-bond donors (Lipinski definition) is 1. The molecule has 3 rings (SSSR count). The van der Waals surface area contributed by atoms with Gasteiger partial charge in [-0.25, -0.2) is 0 Å². The van der Waals surface area contributed by atoms with Crippen LogP contribution in [0.15, 0.2) is 24.3 Å². The maximum atomic E-state index is 12.4. The van der Waals surface area contributed by atoms with Crippen molar-refractivity contribution in [2.24, 2.45) is 0 Å². The molecule has 3 unspecified atom stereocenters. The Morgan fingerprint density at radius 2 is 1.93 bits per heavy atom. The summed E-state index contributed by atoms with van der Waals surface area (Å²) in [5, 5.41) is 3.05. The lowest BCUT2D eigenvalue weighted by Gasteiger charge is -2.38. The van der Waals surface area contributed by atoms with Crippen LogP contribution in [0.25, 0.3) is 0 Å². The molecule has 3 atom stereocenters. The summed E-state index contributed by atoms with van der Waals surface area (Å²) in [6, 6.07) is 8.27. The highest BCUT2D eigenvalue weighted by Crippen LogP contribution is 2.20. The minimum Gasteiger partial charge on any atom is -0.497 e. The van der Waals surface area contributed by atoms with E-state index in [1.807, 2.05) is 24.3 Å². The fourth-order valence-corrected chi connectivity index (χ4v) is 4.23. The fraction of sp³-hybridized carbons (Fsp3) is 0.667. The Morgan fingerprint density at radius 3 is 2.59 bits per heavy atom. The molecule has 2 aliphatic rings. The number of carbonyl (C=O) groups excluding carboxylic acids is 1. The Morgan fingerprint density at radius 1 is 1.22 bits per heavy atom. The van der Waals surface area contributed by atoms with Crippen LogP contribution in [0.3, 0.4) is 0 Å². The molecule has 1 N–H and O–H groups in total. The van der Waals surface area contributed by atoms with Crippen LogP contribution in [0.4, 0.5) is 0 Å². The second-order valence-electron chi connectivity index (χ2n) is 7.87. The maximum absolute atomic E-state index is 12.4. The summed E-state index contributed by atoms with van der Waals surface area (Å²) in [5.41, 5.74) is 1.08. The van der Waals surface area contributed by atoms with Crippen LogP contribution < -0.4 is 10.1 Å². The third kappa shape index (κ3) is 5.92. The number of rotatable bonds is 7. The van der Waals surface area contributed by atoms with Crippen LogP contribution in [0.5, 0.6) is 5.75 Å². The molecule has 150 valence electrons. The van der Waals surface area contributed by atoms with E-state index in [0.717, 1.165) is 37.5 Å². The molecule has 0 aromatic heterocycles. The van der Waals surface area contributed by atoms with Gasteiger partial charge in [-0.05, 0) is 50.9 Å². The van der Waals surface area contributed by atoms with Crippen LogP contribution in [0.2, 0.25) is 0 Å². The van der Waals surface area contributed by atoms with Crippen LogP contribution in [0.1, 0.15) is 32.3 Å². The van der Waals surface area contributed by atoms with Gasteiger partial charge in [-0.2, -0.15) is 0 Å². The summed E-state index contributed by atoms with van der Waals surface area (Å²) >= 11 is 0. The van der Waals surface area contributed by atoms with Crippen LogP contribution >= 0.6 is 0 Å². The van der Waals surface area contributed by atoms with Crippen molar-refractivity contribution in [3.63, 3.8) is 0 Å². The van der Waals surface area contributed by atoms with Crippen LogP contribution in [0, 0.1) is 0 Å². The number of likely N-dealkylation sites (tertiary alicyclic amines) is 1. The number of nitrogens with zero attached hydrogens (tertiary/aromatic N) is 2. The van der Waals surface area contributed by atoms with Gasteiger partial charge < -0.3 is 14.8 Å². The summed E-state index contributed by atoms with van der Waals surface area (Å²) in [6.07, 6.45) is 2.92. The largest absolute Gasteiger partial charge is 0.497 e. The van der Waals surface area contributed by atoms with Crippen molar-refractivity contribution in [1.82, 2.24) is 15.1 Å². The van der Waals surface area contributed by atoms with Gasteiger partial charge >= 0.3 is 0 Å². The lowest BCUT2D eigenvalue weighted by molar-refractivity contribution is -0.123. The third-order valence-electron chi connectivity index (χ3n) is 5.46. The molecule has 0 radical (unpaired) electrons. The van der Waals surface area contributed by atoms with E-state index in [0.29, 0.717) is 19.1 Å². The van der Waals surface area contributed by atoms with Crippen molar-refractivity contribution in [3.05, 3.63) is 29.8 Å². The molecule has 0 aliphatic carbocycles. The summed E-state index contributed by atoms with van der Waals surface area (Å²) in [4.78, 5) is 17.3. The molecule has 1 aromatic carbocycles. The molecule has 0 spiro atoms. The number of morpholine rings is 1. The number of amides is 1. The predicted octanol–water partition coefficient (Wildman–Crippen LogP) is 1.89. The maximum Gasteiger partial charge on any atom is 0.234 e. The van der Waals surface area contributed by atoms with Gasteiger partial charge in [0.1, 0.15) is 5.75 Å². The number of nitrogens with one attached hydrogen (secondary N) is 1. The molecule has 2 heterocycles. The number of benzene rings is 1. The summed E-state index contributed by atoms with van der Waals surface area (Å²) in [6.45, 7) is 9.33. The molecule has 27 heavy (non-hydrogen) atoms. The highest BCUT2D eigenvalue weighted by molar-refractivity contribution is 5.78. The van der Waals surface area contributed by atoms with E-state index < -0.39 is 0 Å². The number of methoxy groups -OCH3 is 1. The fourth-order valence-electron chi connectivity index (χ4n) is 4.23. The second kappa shape index (κ2) is 9.53. The van der Waals surface area contributed by atoms with E-state index in [9.17, 15) is 4.79 Å². The van der Waals surface area contributed by atoms with Crippen molar-refractivity contribution >= 4 is 5.91 Å². The minimum absolute atomic E-state index is 0.0985. The monoisotopic (exact) mass is 375 g/mol. The van der Waals surface area contributed by atoms with Gasteiger partial charge in [0.15, 0.2) is 0 Å². The summed E-state index contributed by atoms with van der Waals surface area (Å²) < 4.78 is 11.0. The van der Waals surface area contributed by atoms with Crippen LogP contribution in [-0.2, 0) is 16.1 Å². The zero-order chi connectivity index (χ0) is 19.2. The molecular weight excluding hydrogens is 342 g/mol. The van der Waals surface area contributed by atoms with Gasteiger partial charge in [-0.15, -0.1) is 0 Å². The lowest BCUT2D eigenvalue weighted by atomic mass is 10.1. The highest BCUT2D eigenvalue weighted by Gasteiger charge is 2.30. The second-order valence-corrected chi connectivity index (χ2v) is 7.87. The van der Waals surface area contributed by atoms with Gasteiger partial charge in [0.05, 0.1) is 25.9 Å². The molecule has 1 amide bonds. The first-order valence-electron chi connectivity index (χ1n) is 10.0. The van der Waals surface area contributed by atoms with Crippen LogP contribution in [-0.4, -0.2) is 73.8 Å². The Balaban J connectivity index is 1.44. The normalized spacial score (nSPS) is 26.9. The summed E-state index contributed by atoms with van der Waals surface area (Å²) in [5.74, 6) is 0.929. The van der Waals surface area contributed by atoms with Gasteiger partial charge in [-0.1, -0.05) is 12.1 Å². The Labute approximate surface area is 162 Å². The molecular formula is C21H33N3O3. The van der Waals surface area contributed by atoms with Crippen molar-refractivity contribution < 1.29 is 14.3 Å². The van der Waals surface area contributed by atoms with E-state index >= 15 is 0 Å². The average molecular weight is 376 g/mol. The summed E-state index contributed by atoms with van der Waals surface area (Å²) in [7, 11) is 1.65. The topological polar surface area (TPSA) is 54.0 Å².